The van der Waals surface area contributed by atoms with Crippen molar-refractivity contribution >= 4 is 5.91 Å². The molecule has 0 fully saturated rings. The van der Waals surface area contributed by atoms with Gasteiger partial charge in [-0.25, -0.2) is 0 Å². The van der Waals surface area contributed by atoms with Crippen molar-refractivity contribution in [2.24, 2.45) is 0 Å². The molecule has 0 spiro atoms. The van der Waals surface area contributed by atoms with Crippen LogP contribution in [0.2, 0.25) is 0 Å². The van der Waals surface area contributed by atoms with E-state index in [1.54, 1.807) is 13.3 Å². The Labute approximate surface area is 124 Å². The minimum atomic E-state index is -0.0689. The number of carbonyl (C=O) groups is 1. The van der Waals surface area contributed by atoms with Crippen molar-refractivity contribution < 1.29 is 9.53 Å². The number of carbonyl (C=O) groups excluding carboxylic acids is 1. The third-order valence-electron chi connectivity index (χ3n) is 3.42. The number of aromatic nitrogens is 2. The second-order valence-electron chi connectivity index (χ2n) is 4.79. The number of aryl methyl sites for hydroxylation is 2. The molecule has 21 heavy (non-hydrogen) atoms. The third-order valence-corrected chi connectivity index (χ3v) is 3.42. The van der Waals surface area contributed by atoms with Crippen molar-refractivity contribution in [1.82, 2.24) is 15.5 Å². The van der Waals surface area contributed by atoms with Gasteiger partial charge in [0.05, 0.1) is 18.9 Å². The first kappa shape index (κ1) is 15.1. The quantitative estimate of drug-likeness (QED) is 0.768. The van der Waals surface area contributed by atoms with Crippen LogP contribution in [0.5, 0.6) is 5.75 Å². The van der Waals surface area contributed by atoms with Crippen molar-refractivity contribution in [2.75, 3.05) is 13.7 Å². The number of rotatable bonds is 7. The summed E-state index contributed by atoms with van der Waals surface area (Å²) in [6.07, 6.45) is 4.08. The molecule has 0 atom stereocenters. The van der Waals surface area contributed by atoms with Crippen molar-refractivity contribution in [3.05, 3.63) is 47.3 Å². The van der Waals surface area contributed by atoms with Crippen LogP contribution >= 0.6 is 0 Å². The second kappa shape index (κ2) is 7.47. The molecule has 0 saturated carbocycles. The summed E-state index contributed by atoms with van der Waals surface area (Å²) in [6, 6.07) is 7.95. The molecule has 5 nitrogen and oxygen atoms in total. The van der Waals surface area contributed by atoms with Crippen LogP contribution in [0, 0.1) is 0 Å². The van der Waals surface area contributed by atoms with Gasteiger partial charge in [0.2, 0.25) is 0 Å². The van der Waals surface area contributed by atoms with Crippen molar-refractivity contribution in [1.29, 1.82) is 0 Å². The number of benzene rings is 1. The maximum atomic E-state index is 12.0. The van der Waals surface area contributed by atoms with Crippen molar-refractivity contribution in [3.8, 4) is 5.75 Å². The zero-order valence-electron chi connectivity index (χ0n) is 12.5. The molecule has 1 amide bonds. The molecule has 112 valence electrons. The Kier molecular flexibility index (Phi) is 5.37. The number of ether oxygens (including phenoxy) is 1. The van der Waals surface area contributed by atoms with Gasteiger partial charge < -0.3 is 10.1 Å². The van der Waals surface area contributed by atoms with Gasteiger partial charge in [0.15, 0.2) is 0 Å². The van der Waals surface area contributed by atoms with Gasteiger partial charge in [0.25, 0.3) is 5.91 Å². The SMILES string of the molecule is CCc1[nH]ncc1C(=O)NCCCc1ccccc1OC. The van der Waals surface area contributed by atoms with E-state index in [1.165, 1.54) is 0 Å². The first-order valence-electron chi connectivity index (χ1n) is 7.18. The average Bonchev–Trinajstić information content (AvgIpc) is 3.00. The lowest BCUT2D eigenvalue weighted by atomic mass is 10.1. The number of hydrogen-bond acceptors (Lipinski definition) is 3. The molecule has 0 aliphatic heterocycles. The lowest BCUT2D eigenvalue weighted by molar-refractivity contribution is 0.0952. The molecule has 5 heteroatoms. The Hall–Kier alpha value is -2.30. The van der Waals surface area contributed by atoms with E-state index in [0.29, 0.717) is 12.1 Å². The van der Waals surface area contributed by atoms with Crippen LogP contribution in [0.1, 0.15) is 35.0 Å². The topological polar surface area (TPSA) is 67.0 Å². The van der Waals surface area contributed by atoms with Crippen molar-refractivity contribution in [2.45, 2.75) is 26.2 Å². The molecule has 2 N–H and O–H groups in total. The molecule has 1 aromatic heterocycles. The fourth-order valence-electron chi connectivity index (χ4n) is 2.26. The van der Waals surface area contributed by atoms with Crippen LogP contribution < -0.4 is 10.1 Å². The molecule has 1 aromatic carbocycles. The highest BCUT2D eigenvalue weighted by atomic mass is 16.5. The summed E-state index contributed by atoms with van der Waals surface area (Å²) in [5.74, 6) is 0.826. The number of H-pyrrole nitrogens is 1. The molecule has 1 heterocycles. The minimum Gasteiger partial charge on any atom is -0.496 e. The van der Waals surface area contributed by atoms with Gasteiger partial charge in [0.1, 0.15) is 5.75 Å². The molecule has 2 rings (SSSR count). The summed E-state index contributed by atoms with van der Waals surface area (Å²) in [5, 5.41) is 9.68. The van der Waals surface area contributed by atoms with Crippen LogP contribution in [0.3, 0.4) is 0 Å². The molecule has 0 saturated heterocycles. The monoisotopic (exact) mass is 287 g/mol. The summed E-state index contributed by atoms with van der Waals surface area (Å²) in [7, 11) is 1.67. The fourth-order valence-corrected chi connectivity index (χ4v) is 2.26. The second-order valence-corrected chi connectivity index (χ2v) is 4.79. The molecule has 0 radical (unpaired) electrons. The maximum absolute atomic E-state index is 12.0. The third kappa shape index (κ3) is 3.84. The molecular formula is C16H21N3O2. The lowest BCUT2D eigenvalue weighted by Crippen LogP contribution is -2.25. The summed E-state index contributed by atoms with van der Waals surface area (Å²) in [6.45, 7) is 2.62. The van der Waals surface area contributed by atoms with E-state index in [9.17, 15) is 4.79 Å². The molecule has 0 bridgehead atoms. The molecule has 2 aromatic rings. The largest absolute Gasteiger partial charge is 0.496 e. The lowest BCUT2D eigenvalue weighted by Gasteiger charge is -2.08. The van der Waals surface area contributed by atoms with Crippen LogP contribution in [-0.2, 0) is 12.8 Å². The fraction of sp³-hybridized carbons (Fsp3) is 0.375. The Balaban J connectivity index is 1.81. The van der Waals surface area contributed by atoms with E-state index in [0.717, 1.165) is 36.3 Å². The normalized spacial score (nSPS) is 10.4. The predicted molar refractivity (Wildman–Crippen MR) is 81.6 cm³/mol. The summed E-state index contributed by atoms with van der Waals surface area (Å²) in [5.41, 5.74) is 2.67. The predicted octanol–water partition coefficient (Wildman–Crippen LogP) is 2.34. The summed E-state index contributed by atoms with van der Waals surface area (Å²) < 4.78 is 5.31. The highest BCUT2D eigenvalue weighted by Crippen LogP contribution is 2.18. The Bertz CT molecular complexity index is 593. The van der Waals surface area contributed by atoms with E-state index in [4.69, 9.17) is 4.74 Å². The van der Waals surface area contributed by atoms with Crippen LogP contribution in [-0.4, -0.2) is 29.8 Å². The Morgan fingerprint density at radius 3 is 2.95 bits per heavy atom. The van der Waals surface area contributed by atoms with Gasteiger partial charge in [0, 0.05) is 12.2 Å². The van der Waals surface area contributed by atoms with Crippen LogP contribution in [0.15, 0.2) is 30.5 Å². The number of hydrogen-bond donors (Lipinski definition) is 2. The zero-order valence-corrected chi connectivity index (χ0v) is 12.5. The van der Waals surface area contributed by atoms with Gasteiger partial charge in [-0.05, 0) is 30.9 Å². The molecule has 0 unspecified atom stereocenters. The molecular weight excluding hydrogens is 266 g/mol. The molecule has 0 aliphatic carbocycles. The Morgan fingerprint density at radius 2 is 2.19 bits per heavy atom. The number of amides is 1. The zero-order chi connectivity index (χ0) is 15.1. The minimum absolute atomic E-state index is 0.0689. The van der Waals surface area contributed by atoms with E-state index in [-0.39, 0.29) is 5.91 Å². The number of methoxy groups -OCH3 is 1. The van der Waals surface area contributed by atoms with Crippen molar-refractivity contribution in [3.63, 3.8) is 0 Å². The summed E-state index contributed by atoms with van der Waals surface area (Å²) >= 11 is 0. The number of nitrogens with one attached hydrogen (secondary N) is 2. The first-order chi connectivity index (χ1) is 10.3. The van der Waals surface area contributed by atoms with Gasteiger partial charge in [-0.15, -0.1) is 0 Å². The highest BCUT2D eigenvalue weighted by molar-refractivity contribution is 5.95. The van der Waals surface area contributed by atoms with Crippen LogP contribution in [0.4, 0.5) is 0 Å². The van der Waals surface area contributed by atoms with Gasteiger partial charge in [-0.2, -0.15) is 5.10 Å². The number of nitrogens with zero attached hydrogens (tertiary/aromatic N) is 1. The van der Waals surface area contributed by atoms with Gasteiger partial charge in [-0.3, -0.25) is 9.89 Å². The van der Waals surface area contributed by atoms with E-state index >= 15 is 0 Å². The smallest absolute Gasteiger partial charge is 0.254 e. The van der Waals surface area contributed by atoms with Gasteiger partial charge in [-0.1, -0.05) is 25.1 Å². The maximum Gasteiger partial charge on any atom is 0.254 e. The molecule has 0 aliphatic rings. The highest BCUT2D eigenvalue weighted by Gasteiger charge is 2.11. The van der Waals surface area contributed by atoms with E-state index in [2.05, 4.69) is 15.5 Å². The van der Waals surface area contributed by atoms with E-state index in [1.807, 2.05) is 31.2 Å². The standard InChI is InChI=1S/C16H21N3O2/c1-3-14-13(11-18-19-14)16(20)17-10-6-8-12-7-4-5-9-15(12)21-2/h4-5,7,9,11H,3,6,8,10H2,1-2H3,(H,17,20)(H,18,19). The number of aromatic amines is 1. The van der Waals surface area contributed by atoms with E-state index < -0.39 is 0 Å². The van der Waals surface area contributed by atoms with Gasteiger partial charge >= 0.3 is 0 Å². The average molecular weight is 287 g/mol. The van der Waals surface area contributed by atoms with Crippen LogP contribution in [0.25, 0.3) is 0 Å². The first-order valence-corrected chi connectivity index (χ1v) is 7.18. The Morgan fingerprint density at radius 1 is 1.38 bits per heavy atom. The summed E-state index contributed by atoms with van der Waals surface area (Å²) in [4.78, 5) is 12.0. The number of para-hydroxylation sites is 1.